The Morgan fingerprint density at radius 3 is 2.67 bits per heavy atom. The first-order chi connectivity index (χ1) is 7.07. The maximum absolute atomic E-state index is 10.9. The van der Waals surface area contributed by atoms with Gasteiger partial charge in [-0.2, -0.15) is 0 Å². The molecule has 3 unspecified atom stereocenters. The Morgan fingerprint density at radius 1 is 1.47 bits per heavy atom. The average Bonchev–Trinajstić information content (AvgIpc) is 2.26. The van der Waals surface area contributed by atoms with Crippen LogP contribution < -0.4 is 0 Å². The Morgan fingerprint density at radius 2 is 2.13 bits per heavy atom. The van der Waals surface area contributed by atoms with Crippen LogP contribution in [0.25, 0.3) is 0 Å². The highest BCUT2D eigenvalue weighted by molar-refractivity contribution is 5.70. The predicted octanol–water partition coefficient (Wildman–Crippen LogP) is 0.942. The molecule has 0 spiro atoms. The Balaban J connectivity index is 2.62. The largest absolute Gasteiger partial charge is 0.481 e. The second-order valence-corrected chi connectivity index (χ2v) is 4.44. The first-order valence-corrected chi connectivity index (χ1v) is 5.67. The molecule has 0 bridgehead atoms. The van der Waals surface area contributed by atoms with Gasteiger partial charge < -0.3 is 10.2 Å². The number of carbonyl (C=O) groups is 1. The SMILES string of the molecule is CC(C(=O)O)C(C)N1CCCCC1CO. The molecule has 15 heavy (non-hydrogen) atoms. The molecule has 0 amide bonds. The summed E-state index contributed by atoms with van der Waals surface area (Å²) >= 11 is 0. The molecule has 1 saturated heterocycles. The summed E-state index contributed by atoms with van der Waals surface area (Å²) in [4.78, 5) is 13.0. The maximum Gasteiger partial charge on any atom is 0.307 e. The Bertz CT molecular complexity index is 220. The molecule has 4 nitrogen and oxygen atoms in total. The first kappa shape index (κ1) is 12.5. The van der Waals surface area contributed by atoms with Gasteiger partial charge >= 0.3 is 5.97 Å². The number of piperidine rings is 1. The van der Waals surface area contributed by atoms with Crippen LogP contribution in [0.4, 0.5) is 0 Å². The molecule has 1 fully saturated rings. The van der Waals surface area contributed by atoms with Gasteiger partial charge in [0.15, 0.2) is 0 Å². The van der Waals surface area contributed by atoms with Crippen LogP contribution in [0.5, 0.6) is 0 Å². The van der Waals surface area contributed by atoms with Crippen LogP contribution in [0.3, 0.4) is 0 Å². The summed E-state index contributed by atoms with van der Waals surface area (Å²) in [7, 11) is 0. The lowest BCUT2D eigenvalue weighted by Gasteiger charge is -2.40. The third kappa shape index (κ3) is 2.92. The average molecular weight is 215 g/mol. The highest BCUT2D eigenvalue weighted by atomic mass is 16.4. The lowest BCUT2D eigenvalue weighted by molar-refractivity contribution is -0.144. The number of aliphatic carboxylic acids is 1. The molecule has 0 aliphatic carbocycles. The van der Waals surface area contributed by atoms with Crippen LogP contribution in [-0.4, -0.2) is 46.3 Å². The number of nitrogens with zero attached hydrogens (tertiary/aromatic N) is 1. The van der Waals surface area contributed by atoms with Crippen LogP contribution in [0, 0.1) is 5.92 Å². The number of carboxylic acid groups (broad SMARTS) is 1. The molecule has 0 aromatic heterocycles. The summed E-state index contributed by atoms with van der Waals surface area (Å²) in [5, 5.41) is 18.2. The fraction of sp³-hybridized carbons (Fsp3) is 0.909. The number of carboxylic acids is 1. The molecule has 1 rings (SSSR count). The second kappa shape index (κ2) is 5.47. The zero-order valence-corrected chi connectivity index (χ0v) is 9.52. The predicted molar refractivity (Wildman–Crippen MR) is 57.7 cm³/mol. The van der Waals surface area contributed by atoms with Gasteiger partial charge in [0, 0.05) is 12.1 Å². The third-order valence-electron chi connectivity index (χ3n) is 3.52. The van der Waals surface area contributed by atoms with Crippen molar-refractivity contribution in [3.8, 4) is 0 Å². The number of likely N-dealkylation sites (tertiary alicyclic amines) is 1. The van der Waals surface area contributed by atoms with Gasteiger partial charge in [-0.3, -0.25) is 9.69 Å². The van der Waals surface area contributed by atoms with Crippen LogP contribution in [0.15, 0.2) is 0 Å². The first-order valence-electron chi connectivity index (χ1n) is 5.67. The van der Waals surface area contributed by atoms with Crippen molar-refractivity contribution in [2.45, 2.75) is 45.2 Å². The number of hydrogen-bond acceptors (Lipinski definition) is 3. The summed E-state index contributed by atoms with van der Waals surface area (Å²) < 4.78 is 0. The third-order valence-corrected chi connectivity index (χ3v) is 3.52. The molecule has 1 heterocycles. The van der Waals surface area contributed by atoms with E-state index in [1.54, 1.807) is 6.92 Å². The Kier molecular flexibility index (Phi) is 4.54. The molecule has 0 radical (unpaired) electrons. The van der Waals surface area contributed by atoms with Crippen molar-refractivity contribution in [3.63, 3.8) is 0 Å². The van der Waals surface area contributed by atoms with Crippen LogP contribution in [0.1, 0.15) is 33.1 Å². The minimum absolute atomic E-state index is 0.0000463. The summed E-state index contributed by atoms with van der Waals surface area (Å²) in [6.07, 6.45) is 3.22. The quantitative estimate of drug-likeness (QED) is 0.732. The van der Waals surface area contributed by atoms with E-state index < -0.39 is 5.97 Å². The molecule has 3 atom stereocenters. The fourth-order valence-electron chi connectivity index (χ4n) is 2.25. The highest BCUT2D eigenvalue weighted by Gasteiger charge is 2.31. The van der Waals surface area contributed by atoms with Crippen molar-refractivity contribution in [2.75, 3.05) is 13.2 Å². The van der Waals surface area contributed by atoms with E-state index in [0.717, 1.165) is 25.8 Å². The van der Waals surface area contributed by atoms with Crippen molar-refractivity contribution >= 4 is 5.97 Å². The molecule has 88 valence electrons. The second-order valence-electron chi connectivity index (χ2n) is 4.44. The number of rotatable bonds is 4. The molecule has 1 aliphatic heterocycles. The zero-order chi connectivity index (χ0) is 11.4. The topological polar surface area (TPSA) is 60.8 Å². The molecule has 0 saturated carbocycles. The van der Waals surface area contributed by atoms with Gasteiger partial charge in [-0.25, -0.2) is 0 Å². The molecule has 1 aliphatic rings. The smallest absolute Gasteiger partial charge is 0.307 e. The van der Waals surface area contributed by atoms with Crippen LogP contribution in [0.2, 0.25) is 0 Å². The molecule has 2 N–H and O–H groups in total. The van der Waals surface area contributed by atoms with E-state index in [2.05, 4.69) is 4.90 Å². The molecule has 0 aromatic rings. The van der Waals surface area contributed by atoms with Crippen LogP contribution in [-0.2, 0) is 4.79 Å². The van der Waals surface area contributed by atoms with E-state index in [1.165, 1.54) is 0 Å². The Labute approximate surface area is 90.9 Å². The van der Waals surface area contributed by atoms with E-state index in [4.69, 9.17) is 5.11 Å². The van der Waals surface area contributed by atoms with Gasteiger partial charge in [0.25, 0.3) is 0 Å². The zero-order valence-electron chi connectivity index (χ0n) is 9.52. The number of aliphatic hydroxyl groups excluding tert-OH is 1. The summed E-state index contributed by atoms with van der Waals surface area (Å²) in [6.45, 7) is 4.71. The van der Waals surface area contributed by atoms with Crippen molar-refractivity contribution in [1.82, 2.24) is 4.90 Å². The molecule has 4 heteroatoms. The maximum atomic E-state index is 10.9. The lowest BCUT2D eigenvalue weighted by Crippen LogP contribution is -2.50. The minimum Gasteiger partial charge on any atom is -0.481 e. The normalized spacial score (nSPS) is 27.3. The van der Waals surface area contributed by atoms with Crippen molar-refractivity contribution in [1.29, 1.82) is 0 Å². The highest BCUT2D eigenvalue weighted by Crippen LogP contribution is 2.22. The fourth-order valence-corrected chi connectivity index (χ4v) is 2.25. The van der Waals surface area contributed by atoms with Crippen molar-refractivity contribution < 1.29 is 15.0 Å². The number of hydrogen-bond donors (Lipinski definition) is 2. The Hall–Kier alpha value is -0.610. The van der Waals surface area contributed by atoms with Crippen LogP contribution >= 0.6 is 0 Å². The van der Waals surface area contributed by atoms with Gasteiger partial charge in [-0.1, -0.05) is 13.3 Å². The van der Waals surface area contributed by atoms with Gasteiger partial charge in [-0.05, 0) is 26.3 Å². The van der Waals surface area contributed by atoms with E-state index >= 15 is 0 Å². The van der Waals surface area contributed by atoms with E-state index in [1.807, 2.05) is 6.92 Å². The molecular formula is C11H21NO3. The van der Waals surface area contributed by atoms with Crippen molar-refractivity contribution in [3.05, 3.63) is 0 Å². The molecular weight excluding hydrogens is 194 g/mol. The number of aliphatic hydroxyl groups is 1. The van der Waals surface area contributed by atoms with E-state index in [9.17, 15) is 9.90 Å². The van der Waals surface area contributed by atoms with E-state index in [-0.39, 0.29) is 24.6 Å². The van der Waals surface area contributed by atoms with E-state index in [0.29, 0.717) is 0 Å². The summed E-state index contributed by atoms with van der Waals surface area (Å²) in [5.41, 5.74) is 0. The molecule has 0 aromatic carbocycles. The lowest BCUT2D eigenvalue weighted by atomic mass is 9.95. The monoisotopic (exact) mass is 215 g/mol. The minimum atomic E-state index is -0.759. The standard InChI is InChI=1S/C11H21NO3/c1-8(11(14)15)9(2)12-6-4-3-5-10(12)7-13/h8-10,13H,3-7H2,1-2H3,(H,14,15). The van der Waals surface area contributed by atoms with Gasteiger partial charge in [0.05, 0.1) is 12.5 Å². The van der Waals surface area contributed by atoms with Crippen molar-refractivity contribution in [2.24, 2.45) is 5.92 Å². The summed E-state index contributed by atoms with van der Waals surface area (Å²) in [6, 6.07) is 0.149. The van der Waals surface area contributed by atoms with Gasteiger partial charge in [0.1, 0.15) is 0 Å². The summed E-state index contributed by atoms with van der Waals surface area (Å²) in [5.74, 6) is -1.14. The van der Waals surface area contributed by atoms with Gasteiger partial charge in [0.2, 0.25) is 0 Å². The van der Waals surface area contributed by atoms with Gasteiger partial charge in [-0.15, -0.1) is 0 Å².